The Kier molecular flexibility index (Phi) is 3.16. The lowest BCUT2D eigenvalue weighted by Crippen LogP contribution is -2.15. The van der Waals surface area contributed by atoms with Gasteiger partial charge >= 0.3 is 6.09 Å². The second-order valence-electron chi connectivity index (χ2n) is 4.38. The van der Waals surface area contributed by atoms with Crippen molar-refractivity contribution in [2.75, 3.05) is 0 Å². The third-order valence-electron chi connectivity index (χ3n) is 2.97. The molecule has 2 heterocycles. The third kappa shape index (κ3) is 2.25. The minimum absolute atomic E-state index is 0.228. The van der Waals surface area contributed by atoms with E-state index in [1.807, 2.05) is 36.4 Å². The zero-order valence-electron chi connectivity index (χ0n) is 11.0. The van der Waals surface area contributed by atoms with E-state index >= 15 is 0 Å². The van der Waals surface area contributed by atoms with E-state index in [-0.39, 0.29) is 6.61 Å². The fraction of sp³-hybridized carbons (Fsp3) is 0.133. The zero-order valence-corrected chi connectivity index (χ0v) is 11.0. The standard InChI is InChI=1S/C15H13N3O2/c1-11-17-13-8-5-9-16-14(13)18(11)15(19)20-10-12-6-3-2-4-7-12/h2-9H,10H2,1H3. The van der Waals surface area contributed by atoms with Crippen molar-refractivity contribution in [2.24, 2.45) is 0 Å². The van der Waals surface area contributed by atoms with Crippen molar-refractivity contribution in [3.63, 3.8) is 0 Å². The van der Waals surface area contributed by atoms with Gasteiger partial charge in [-0.2, -0.15) is 0 Å². The van der Waals surface area contributed by atoms with Gasteiger partial charge in [-0.15, -0.1) is 0 Å². The van der Waals surface area contributed by atoms with Crippen LogP contribution < -0.4 is 0 Å². The molecule has 0 atom stereocenters. The largest absolute Gasteiger partial charge is 0.444 e. The number of carbonyl (C=O) groups excluding carboxylic acids is 1. The fourth-order valence-electron chi connectivity index (χ4n) is 2.03. The summed E-state index contributed by atoms with van der Waals surface area (Å²) in [4.78, 5) is 20.6. The van der Waals surface area contributed by atoms with Crippen LogP contribution in [0, 0.1) is 6.92 Å². The molecule has 0 aliphatic carbocycles. The van der Waals surface area contributed by atoms with Gasteiger partial charge in [0.05, 0.1) is 0 Å². The molecular formula is C15H13N3O2. The first-order chi connectivity index (χ1) is 9.75. The van der Waals surface area contributed by atoms with Crippen molar-refractivity contribution in [2.45, 2.75) is 13.5 Å². The van der Waals surface area contributed by atoms with E-state index in [4.69, 9.17) is 4.74 Å². The van der Waals surface area contributed by atoms with Gasteiger partial charge in [0.25, 0.3) is 0 Å². The van der Waals surface area contributed by atoms with E-state index in [0.29, 0.717) is 17.0 Å². The second-order valence-corrected chi connectivity index (χ2v) is 4.38. The summed E-state index contributed by atoms with van der Waals surface area (Å²) < 4.78 is 6.69. The van der Waals surface area contributed by atoms with Crippen molar-refractivity contribution >= 4 is 17.3 Å². The van der Waals surface area contributed by atoms with Crippen LogP contribution in [0.1, 0.15) is 11.4 Å². The fourth-order valence-corrected chi connectivity index (χ4v) is 2.03. The summed E-state index contributed by atoms with van der Waals surface area (Å²) in [6.45, 7) is 1.98. The van der Waals surface area contributed by atoms with Crippen LogP contribution in [0.3, 0.4) is 0 Å². The molecule has 0 fully saturated rings. The molecule has 2 aromatic heterocycles. The van der Waals surface area contributed by atoms with Crippen LogP contribution in [-0.4, -0.2) is 20.6 Å². The Morgan fingerprint density at radius 2 is 2.00 bits per heavy atom. The summed E-state index contributed by atoms with van der Waals surface area (Å²) in [5.41, 5.74) is 2.14. The number of ether oxygens (including phenoxy) is 1. The molecular weight excluding hydrogens is 254 g/mol. The first-order valence-electron chi connectivity index (χ1n) is 6.27. The monoisotopic (exact) mass is 267 g/mol. The first-order valence-corrected chi connectivity index (χ1v) is 6.27. The molecule has 0 unspecified atom stereocenters. The van der Waals surface area contributed by atoms with Crippen LogP contribution in [0.5, 0.6) is 0 Å². The normalized spacial score (nSPS) is 10.7. The Balaban J connectivity index is 1.84. The van der Waals surface area contributed by atoms with Crippen LogP contribution in [-0.2, 0) is 11.3 Å². The molecule has 20 heavy (non-hydrogen) atoms. The smallest absolute Gasteiger partial charge is 0.421 e. The SMILES string of the molecule is Cc1nc2cccnc2n1C(=O)OCc1ccccc1. The van der Waals surface area contributed by atoms with Gasteiger partial charge in [-0.3, -0.25) is 0 Å². The van der Waals surface area contributed by atoms with Gasteiger partial charge in [0.1, 0.15) is 17.9 Å². The molecule has 0 bridgehead atoms. The van der Waals surface area contributed by atoms with Gasteiger partial charge in [0.2, 0.25) is 0 Å². The number of carbonyl (C=O) groups is 1. The summed E-state index contributed by atoms with van der Waals surface area (Å²) in [6, 6.07) is 13.1. The molecule has 0 spiro atoms. The van der Waals surface area contributed by atoms with E-state index in [9.17, 15) is 4.79 Å². The summed E-state index contributed by atoms with van der Waals surface area (Å²) >= 11 is 0. The van der Waals surface area contributed by atoms with E-state index in [2.05, 4.69) is 9.97 Å². The van der Waals surface area contributed by atoms with Gasteiger partial charge in [-0.25, -0.2) is 19.3 Å². The van der Waals surface area contributed by atoms with E-state index < -0.39 is 6.09 Å². The molecule has 1 aromatic carbocycles. The van der Waals surface area contributed by atoms with Crippen LogP contribution in [0.15, 0.2) is 48.7 Å². The Labute approximate surface area is 115 Å². The van der Waals surface area contributed by atoms with Gasteiger partial charge in [-0.05, 0) is 24.6 Å². The van der Waals surface area contributed by atoms with E-state index in [1.54, 1.807) is 19.2 Å². The maximum Gasteiger partial charge on any atom is 0.421 e. The Bertz CT molecular complexity index is 750. The first kappa shape index (κ1) is 12.3. The molecule has 0 amide bonds. The van der Waals surface area contributed by atoms with Crippen LogP contribution in [0.2, 0.25) is 0 Å². The Hall–Kier alpha value is -2.69. The highest BCUT2D eigenvalue weighted by atomic mass is 16.5. The number of pyridine rings is 1. The van der Waals surface area contributed by atoms with E-state index in [1.165, 1.54) is 4.57 Å². The summed E-state index contributed by atoms with van der Waals surface area (Å²) in [5.74, 6) is 0.566. The average molecular weight is 267 g/mol. The van der Waals surface area contributed by atoms with Gasteiger partial charge < -0.3 is 4.74 Å². The average Bonchev–Trinajstić information content (AvgIpc) is 2.82. The molecule has 3 rings (SSSR count). The number of hydrogen-bond donors (Lipinski definition) is 0. The van der Waals surface area contributed by atoms with E-state index in [0.717, 1.165) is 5.56 Å². The lowest BCUT2D eigenvalue weighted by atomic mass is 10.2. The van der Waals surface area contributed by atoms with Crippen molar-refractivity contribution in [1.82, 2.24) is 14.5 Å². The van der Waals surface area contributed by atoms with Crippen molar-refractivity contribution in [3.05, 3.63) is 60.0 Å². The molecule has 5 heteroatoms. The van der Waals surface area contributed by atoms with Gasteiger partial charge in [0.15, 0.2) is 5.65 Å². The predicted molar refractivity (Wildman–Crippen MR) is 74.3 cm³/mol. The van der Waals surface area contributed by atoms with Crippen LogP contribution in [0.25, 0.3) is 11.2 Å². The Morgan fingerprint density at radius 1 is 1.20 bits per heavy atom. The molecule has 0 saturated heterocycles. The third-order valence-corrected chi connectivity index (χ3v) is 2.97. The number of benzene rings is 1. The highest BCUT2D eigenvalue weighted by molar-refractivity contribution is 5.84. The number of aromatic nitrogens is 3. The molecule has 0 aliphatic heterocycles. The van der Waals surface area contributed by atoms with Crippen LogP contribution >= 0.6 is 0 Å². The maximum atomic E-state index is 12.2. The highest BCUT2D eigenvalue weighted by Crippen LogP contribution is 2.13. The van der Waals surface area contributed by atoms with Crippen LogP contribution in [0.4, 0.5) is 4.79 Å². The zero-order chi connectivity index (χ0) is 13.9. The minimum atomic E-state index is -0.465. The topological polar surface area (TPSA) is 57.0 Å². The predicted octanol–water partition coefficient (Wildman–Crippen LogP) is 2.92. The van der Waals surface area contributed by atoms with Crippen molar-refractivity contribution < 1.29 is 9.53 Å². The Morgan fingerprint density at radius 3 is 2.80 bits per heavy atom. The molecule has 100 valence electrons. The molecule has 0 N–H and O–H groups in total. The summed E-state index contributed by atoms with van der Waals surface area (Å²) in [7, 11) is 0. The second kappa shape index (κ2) is 5.13. The van der Waals surface area contributed by atoms with Gasteiger partial charge in [0, 0.05) is 6.20 Å². The van der Waals surface area contributed by atoms with Crippen molar-refractivity contribution in [1.29, 1.82) is 0 Å². The lowest BCUT2D eigenvalue weighted by Gasteiger charge is -2.06. The number of nitrogens with zero attached hydrogens (tertiary/aromatic N) is 3. The molecule has 5 nitrogen and oxygen atoms in total. The maximum absolute atomic E-state index is 12.2. The number of aryl methyl sites for hydroxylation is 1. The number of fused-ring (bicyclic) bond motifs is 1. The summed E-state index contributed by atoms with van der Waals surface area (Å²) in [6.07, 6.45) is 1.16. The highest BCUT2D eigenvalue weighted by Gasteiger charge is 2.15. The minimum Gasteiger partial charge on any atom is -0.444 e. The lowest BCUT2D eigenvalue weighted by molar-refractivity contribution is 0.141. The molecule has 0 radical (unpaired) electrons. The number of hydrogen-bond acceptors (Lipinski definition) is 4. The molecule has 0 saturated carbocycles. The molecule has 3 aromatic rings. The number of rotatable bonds is 2. The van der Waals surface area contributed by atoms with Gasteiger partial charge in [-0.1, -0.05) is 30.3 Å². The van der Waals surface area contributed by atoms with Crippen molar-refractivity contribution in [3.8, 4) is 0 Å². The number of imidazole rings is 1. The quantitative estimate of drug-likeness (QED) is 0.716. The summed E-state index contributed by atoms with van der Waals surface area (Å²) in [5, 5.41) is 0. The molecule has 0 aliphatic rings.